The average molecular weight is 440 g/mol. The van der Waals surface area contributed by atoms with Gasteiger partial charge in [0.2, 0.25) is 0 Å². The van der Waals surface area contributed by atoms with Crippen LogP contribution in [0.4, 0.5) is 11.4 Å². The molecule has 1 amide bonds. The van der Waals surface area contributed by atoms with E-state index in [1.807, 2.05) is 55.3 Å². The van der Waals surface area contributed by atoms with Crippen LogP contribution in [0, 0.1) is 0 Å². The number of rotatable bonds is 6. The predicted molar refractivity (Wildman–Crippen MR) is 127 cm³/mol. The van der Waals surface area contributed by atoms with Crippen LogP contribution in [0.2, 0.25) is 0 Å². The number of carbonyl (C=O) groups is 1. The fourth-order valence-corrected chi connectivity index (χ4v) is 5.70. The van der Waals surface area contributed by atoms with E-state index in [0.29, 0.717) is 13.2 Å². The third-order valence-corrected chi connectivity index (χ3v) is 7.34. The van der Waals surface area contributed by atoms with Gasteiger partial charge in [0.15, 0.2) is 5.17 Å². The van der Waals surface area contributed by atoms with E-state index in [0.717, 1.165) is 45.1 Å². The number of ether oxygens (including phenoxy) is 1. The van der Waals surface area contributed by atoms with Gasteiger partial charge in [0.25, 0.3) is 5.91 Å². The topological polar surface area (TPSA) is 45.1 Å². The first-order chi connectivity index (χ1) is 14.6. The van der Waals surface area contributed by atoms with Crippen LogP contribution < -0.4 is 9.64 Å². The molecule has 0 aromatic heterocycles. The number of unbranched alkanes of at least 4 members (excludes halogenated alkanes) is 1. The summed E-state index contributed by atoms with van der Waals surface area (Å²) in [6.45, 7) is 5.41. The van der Waals surface area contributed by atoms with Gasteiger partial charge in [0.1, 0.15) is 10.7 Å². The Bertz CT molecular complexity index is 1000. The number of amides is 1. The summed E-state index contributed by atoms with van der Waals surface area (Å²) in [6, 6.07) is 15.9. The van der Waals surface area contributed by atoms with Gasteiger partial charge >= 0.3 is 0 Å². The first-order valence-electron chi connectivity index (χ1n) is 10.2. The fraction of sp³-hybridized carbons (Fsp3) is 0.304. The van der Waals surface area contributed by atoms with Crippen molar-refractivity contribution in [3.05, 3.63) is 58.5 Å². The summed E-state index contributed by atoms with van der Waals surface area (Å²) in [7, 11) is 2.02. The van der Waals surface area contributed by atoms with Crippen LogP contribution in [0.1, 0.15) is 26.7 Å². The SMILES string of the molecule is CCCCN1C(=O)C(=C2Sc3ccccc3N2C)SC1=Nc1ccc(OCC)cc1. The molecule has 2 aromatic rings. The van der Waals surface area contributed by atoms with Crippen molar-refractivity contribution in [1.29, 1.82) is 0 Å². The zero-order valence-corrected chi connectivity index (χ0v) is 19.1. The second-order valence-corrected chi connectivity index (χ2v) is 9.00. The molecule has 0 N–H and O–H groups in total. The molecular weight excluding hydrogens is 414 g/mol. The van der Waals surface area contributed by atoms with Crippen molar-refractivity contribution in [2.45, 2.75) is 31.6 Å². The van der Waals surface area contributed by atoms with E-state index in [4.69, 9.17) is 9.73 Å². The highest BCUT2D eigenvalue weighted by atomic mass is 32.2. The molecule has 1 fully saturated rings. The zero-order valence-electron chi connectivity index (χ0n) is 17.4. The number of aliphatic imine (C=N–C) groups is 1. The molecule has 1 saturated heterocycles. The van der Waals surface area contributed by atoms with Crippen molar-refractivity contribution >= 4 is 46.0 Å². The lowest BCUT2D eigenvalue weighted by Crippen LogP contribution is -2.30. The lowest BCUT2D eigenvalue weighted by Gasteiger charge is -2.16. The first-order valence-corrected chi connectivity index (χ1v) is 11.8. The van der Waals surface area contributed by atoms with Crippen molar-refractivity contribution in [3.8, 4) is 5.75 Å². The number of amidine groups is 1. The van der Waals surface area contributed by atoms with Crippen LogP contribution >= 0.6 is 23.5 Å². The number of benzene rings is 2. The minimum Gasteiger partial charge on any atom is -0.494 e. The van der Waals surface area contributed by atoms with E-state index in [9.17, 15) is 4.79 Å². The minimum absolute atomic E-state index is 0.0419. The number of nitrogens with zero attached hydrogens (tertiary/aromatic N) is 3. The van der Waals surface area contributed by atoms with E-state index in [1.165, 1.54) is 16.7 Å². The molecule has 4 rings (SSSR count). The molecule has 2 heterocycles. The highest BCUT2D eigenvalue weighted by Crippen LogP contribution is 2.50. The zero-order chi connectivity index (χ0) is 21.1. The number of para-hydroxylation sites is 1. The fourth-order valence-electron chi connectivity index (χ4n) is 3.33. The van der Waals surface area contributed by atoms with Gasteiger partial charge < -0.3 is 9.64 Å². The second-order valence-electron chi connectivity index (χ2n) is 7.00. The molecule has 0 spiro atoms. The monoisotopic (exact) mass is 439 g/mol. The first kappa shape index (κ1) is 20.9. The Morgan fingerprint density at radius 2 is 1.80 bits per heavy atom. The average Bonchev–Trinajstić information content (AvgIpc) is 3.25. The third kappa shape index (κ3) is 4.09. The van der Waals surface area contributed by atoms with Crippen LogP contribution in [0.25, 0.3) is 0 Å². The van der Waals surface area contributed by atoms with E-state index in [1.54, 1.807) is 11.8 Å². The Hall–Kier alpha value is -2.38. The summed E-state index contributed by atoms with van der Waals surface area (Å²) < 4.78 is 5.52. The van der Waals surface area contributed by atoms with Gasteiger partial charge in [-0.25, -0.2) is 4.99 Å². The number of hydrogen-bond donors (Lipinski definition) is 0. The van der Waals surface area contributed by atoms with Gasteiger partial charge in [-0.15, -0.1) is 0 Å². The van der Waals surface area contributed by atoms with E-state index in [-0.39, 0.29) is 5.91 Å². The van der Waals surface area contributed by atoms with Crippen LogP contribution in [0.5, 0.6) is 5.75 Å². The summed E-state index contributed by atoms with van der Waals surface area (Å²) in [4.78, 5) is 24.0. The second kappa shape index (κ2) is 9.18. The number of thioether (sulfide) groups is 2. The molecule has 7 heteroatoms. The molecule has 0 aliphatic carbocycles. The van der Waals surface area contributed by atoms with Gasteiger partial charge in [-0.3, -0.25) is 9.69 Å². The molecule has 156 valence electrons. The summed E-state index contributed by atoms with van der Waals surface area (Å²) in [5.74, 6) is 0.865. The van der Waals surface area contributed by atoms with Gasteiger partial charge in [-0.05, 0) is 61.5 Å². The Morgan fingerprint density at radius 3 is 2.50 bits per heavy atom. The standard InChI is InChI=1S/C23H25N3O2S2/c1-4-6-15-26-21(27)20(22-25(3)18-9-7-8-10-19(18)29-22)30-23(26)24-16-11-13-17(14-12-16)28-5-2/h7-14H,4-6,15H2,1-3H3. The smallest absolute Gasteiger partial charge is 0.269 e. The molecule has 0 saturated carbocycles. The molecule has 30 heavy (non-hydrogen) atoms. The Balaban J connectivity index is 1.66. The van der Waals surface area contributed by atoms with Crippen LogP contribution in [0.3, 0.4) is 0 Å². The maximum Gasteiger partial charge on any atom is 0.269 e. The predicted octanol–water partition coefficient (Wildman–Crippen LogP) is 5.86. The lowest BCUT2D eigenvalue weighted by molar-refractivity contribution is -0.122. The molecule has 2 aromatic carbocycles. The van der Waals surface area contributed by atoms with Gasteiger partial charge in [-0.2, -0.15) is 0 Å². The van der Waals surface area contributed by atoms with Gasteiger partial charge in [0.05, 0.1) is 23.0 Å². The van der Waals surface area contributed by atoms with Gasteiger partial charge in [-0.1, -0.05) is 37.2 Å². The van der Waals surface area contributed by atoms with E-state index in [2.05, 4.69) is 24.0 Å². The maximum atomic E-state index is 13.3. The molecule has 0 bridgehead atoms. The van der Waals surface area contributed by atoms with Crippen LogP contribution in [-0.2, 0) is 4.79 Å². The highest BCUT2D eigenvalue weighted by molar-refractivity contribution is 8.19. The number of fused-ring (bicyclic) bond motifs is 1. The van der Waals surface area contributed by atoms with Gasteiger partial charge in [0, 0.05) is 18.5 Å². The van der Waals surface area contributed by atoms with E-state index < -0.39 is 0 Å². The Labute approximate surface area is 186 Å². The maximum absolute atomic E-state index is 13.3. The number of carbonyl (C=O) groups excluding carboxylic acids is 1. The largest absolute Gasteiger partial charge is 0.494 e. The van der Waals surface area contributed by atoms with Crippen molar-refractivity contribution in [2.24, 2.45) is 4.99 Å². The van der Waals surface area contributed by atoms with E-state index >= 15 is 0 Å². The molecule has 2 aliphatic heterocycles. The molecule has 0 radical (unpaired) electrons. The normalized spacial score (nSPS) is 19.7. The summed E-state index contributed by atoms with van der Waals surface area (Å²) in [5, 5.41) is 1.72. The summed E-state index contributed by atoms with van der Waals surface area (Å²) >= 11 is 3.12. The molecule has 2 aliphatic rings. The number of hydrogen-bond acceptors (Lipinski definition) is 6. The Kier molecular flexibility index (Phi) is 6.39. The lowest BCUT2D eigenvalue weighted by atomic mass is 10.3. The van der Waals surface area contributed by atoms with Crippen LogP contribution in [-0.4, -0.2) is 36.2 Å². The van der Waals surface area contributed by atoms with Crippen molar-refractivity contribution in [3.63, 3.8) is 0 Å². The molecular formula is C23H25N3O2S2. The van der Waals surface area contributed by atoms with Crippen molar-refractivity contribution in [1.82, 2.24) is 4.90 Å². The van der Waals surface area contributed by atoms with Crippen LogP contribution in [0.15, 0.2) is 68.4 Å². The minimum atomic E-state index is 0.0419. The van der Waals surface area contributed by atoms with Crippen molar-refractivity contribution < 1.29 is 9.53 Å². The summed E-state index contributed by atoms with van der Waals surface area (Å²) in [5.41, 5.74) is 1.95. The summed E-state index contributed by atoms with van der Waals surface area (Å²) in [6.07, 6.45) is 1.97. The quantitative estimate of drug-likeness (QED) is 0.528. The third-order valence-electron chi connectivity index (χ3n) is 4.90. The highest BCUT2D eigenvalue weighted by Gasteiger charge is 2.38. The molecule has 0 atom stereocenters. The number of anilines is 1. The Morgan fingerprint density at radius 1 is 1.03 bits per heavy atom. The molecule has 5 nitrogen and oxygen atoms in total. The van der Waals surface area contributed by atoms with Crippen molar-refractivity contribution in [2.75, 3.05) is 25.1 Å². The molecule has 0 unspecified atom stereocenters.